The third-order valence-corrected chi connectivity index (χ3v) is 7.04. The maximum Gasteiger partial charge on any atom is 0.321 e. The molecule has 1 saturated carbocycles. The lowest BCUT2D eigenvalue weighted by Crippen LogP contribution is -2.33. The Morgan fingerprint density at radius 1 is 1.21 bits per heavy atom. The highest BCUT2D eigenvalue weighted by Gasteiger charge is 2.27. The number of benzene rings is 2. The number of nitrogens with zero attached hydrogens (tertiary/aromatic N) is 5. The van der Waals surface area contributed by atoms with Gasteiger partial charge < -0.3 is 9.30 Å². The van der Waals surface area contributed by atoms with Gasteiger partial charge in [-0.15, -0.1) is 0 Å². The van der Waals surface area contributed by atoms with E-state index in [9.17, 15) is 9.47 Å². The van der Waals surface area contributed by atoms with Crippen LogP contribution in [0.1, 0.15) is 25.3 Å². The Hall–Kier alpha value is -3.74. The molecule has 9 heteroatoms. The summed E-state index contributed by atoms with van der Waals surface area (Å²) in [5.41, 5.74) is 3.98. The molecule has 2 aromatic carbocycles. The molecule has 0 aliphatic heterocycles. The van der Waals surface area contributed by atoms with E-state index in [-0.39, 0.29) is 6.01 Å². The van der Waals surface area contributed by atoms with Crippen LogP contribution in [0.3, 0.4) is 0 Å². The lowest BCUT2D eigenvalue weighted by molar-refractivity contribution is 0.442. The molecule has 1 atom stereocenters. The molecule has 1 aliphatic rings. The predicted molar refractivity (Wildman–Crippen MR) is 132 cm³/mol. The quantitative estimate of drug-likeness (QED) is 0.298. The van der Waals surface area contributed by atoms with Crippen molar-refractivity contribution in [3.63, 3.8) is 0 Å². The molecular formula is C25H24N6O2S. The molecule has 2 aromatic heterocycles. The minimum atomic E-state index is -1.29. The Labute approximate surface area is 200 Å². The molecule has 8 nitrogen and oxygen atoms in total. The summed E-state index contributed by atoms with van der Waals surface area (Å²) in [5, 5.41) is 11.0. The molecular weight excluding hydrogens is 448 g/mol. The molecule has 4 aromatic rings. The predicted octanol–water partition coefficient (Wildman–Crippen LogP) is 4.54. The van der Waals surface area contributed by atoms with Crippen molar-refractivity contribution in [2.75, 3.05) is 10.2 Å². The van der Waals surface area contributed by atoms with Gasteiger partial charge in [-0.2, -0.15) is 5.26 Å². The number of nitrogens with two attached hydrogens (primary N) is 1. The molecule has 0 saturated heterocycles. The van der Waals surface area contributed by atoms with Crippen LogP contribution in [0.4, 0.5) is 5.69 Å². The number of anilines is 1. The molecule has 2 heterocycles. The van der Waals surface area contributed by atoms with Crippen molar-refractivity contribution >= 4 is 27.6 Å². The minimum absolute atomic E-state index is 0.272. The van der Waals surface area contributed by atoms with Gasteiger partial charge in [-0.1, -0.05) is 19.1 Å². The average Bonchev–Trinajstić information content (AvgIpc) is 3.65. The Kier molecular flexibility index (Phi) is 6.01. The van der Waals surface area contributed by atoms with E-state index >= 15 is 0 Å². The topological polar surface area (TPSA) is 110 Å². The van der Waals surface area contributed by atoms with Crippen molar-refractivity contribution < 1.29 is 8.95 Å². The molecule has 0 amide bonds. The van der Waals surface area contributed by atoms with Crippen molar-refractivity contribution in [3.05, 3.63) is 66.5 Å². The van der Waals surface area contributed by atoms with Crippen molar-refractivity contribution in [2.45, 2.75) is 26.3 Å². The maximum absolute atomic E-state index is 12.1. The summed E-state index contributed by atoms with van der Waals surface area (Å²) < 4.78 is 21.4. The second-order valence-corrected chi connectivity index (χ2v) is 9.80. The van der Waals surface area contributed by atoms with Gasteiger partial charge in [0.25, 0.3) is 0 Å². The molecule has 0 spiro atoms. The highest BCUT2D eigenvalue weighted by Crippen LogP contribution is 2.40. The van der Waals surface area contributed by atoms with Crippen LogP contribution in [0.2, 0.25) is 0 Å². The van der Waals surface area contributed by atoms with E-state index in [0.717, 1.165) is 28.7 Å². The van der Waals surface area contributed by atoms with Gasteiger partial charge in [0.15, 0.2) is 0 Å². The number of hydrazine groups is 1. The number of hydrogen-bond acceptors (Lipinski definition) is 6. The van der Waals surface area contributed by atoms with E-state index in [4.69, 9.17) is 10.6 Å². The lowest BCUT2D eigenvalue weighted by Gasteiger charge is -2.17. The molecule has 1 fully saturated rings. The van der Waals surface area contributed by atoms with Gasteiger partial charge in [0, 0.05) is 36.1 Å². The zero-order valence-corrected chi connectivity index (χ0v) is 19.5. The molecule has 0 bridgehead atoms. The summed E-state index contributed by atoms with van der Waals surface area (Å²) in [4.78, 5) is 8.27. The molecule has 1 aliphatic carbocycles. The fraction of sp³-hybridized carbons (Fsp3) is 0.240. The normalized spacial score (nSPS) is 14.0. The van der Waals surface area contributed by atoms with Gasteiger partial charge >= 0.3 is 6.01 Å². The monoisotopic (exact) mass is 472 g/mol. The zero-order chi connectivity index (χ0) is 23.7. The summed E-state index contributed by atoms with van der Waals surface area (Å²) in [5.74, 6) is 7.63. The van der Waals surface area contributed by atoms with Crippen LogP contribution in [0.5, 0.6) is 11.8 Å². The second-order valence-electron chi connectivity index (χ2n) is 8.18. The van der Waals surface area contributed by atoms with E-state index in [2.05, 4.69) is 20.6 Å². The van der Waals surface area contributed by atoms with Crippen LogP contribution in [0, 0.1) is 17.2 Å². The number of rotatable bonds is 8. The molecule has 172 valence electrons. The maximum atomic E-state index is 12.1. The van der Waals surface area contributed by atoms with Crippen LogP contribution in [0.25, 0.3) is 22.2 Å². The number of aromatic nitrogens is 3. The molecule has 2 N–H and O–H groups in total. The van der Waals surface area contributed by atoms with Gasteiger partial charge in [-0.25, -0.2) is 24.4 Å². The third-order valence-electron chi connectivity index (χ3n) is 5.90. The van der Waals surface area contributed by atoms with E-state index in [1.165, 1.54) is 17.3 Å². The number of fused-ring (bicyclic) bond motifs is 1. The van der Waals surface area contributed by atoms with E-state index in [0.29, 0.717) is 28.7 Å². The first-order chi connectivity index (χ1) is 16.6. The Morgan fingerprint density at radius 2 is 1.94 bits per heavy atom. The fourth-order valence-corrected chi connectivity index (χ4v) is 4.66. The van der Waals surface area contributed by atoms with Gasteiger partial charge in [0.2, 0.25) is 0 Å². The zero-order valence-electron chi connectivity index (χ0n) is 18.7. The summed E-state index contributed by atoms with van der Waals surface area (Å²) in [7, 11) is -1.29. The number of hydrogen-bond donors (Lipinski definition) is 1. The summed E-state index contributed by atoms with van der Waals surface area (Å²) in [6.07, 6.45) is 5.62. The Bertz CT molecular complexity index is 1390. The summed E-state index contributed by atoms with van der Waals surface area (Å²) in [6.45, 7) is 2.64. The average molecular weight is 473 g/mol. The van der Waals surface area contributed by atoms with Crippen molar-refractivity contribution in [3.8, 4) is 29.1 Å². The summed E-state index contributed by atoms with van der Waals surface area (Å²) in [6, 6.07) is 17.6. The molecule has 0 radical (unpaired) electrons. The minimum Gasteiger partial charge on any atom is -0.424 e. The van der Waals surface area contributed by atoms with Gasteiger partial charge in [-0.3, -0.25) is 0 Å². The van der Waals surface area contributed by atoms with Crippen molar-refractivity contribution in [1.82, 2.24) is 14.5 Å². The molecule has 1 unspecified atom stereocenters. The van der Waals surface area contributed by atoms with Crippen LogP contribution in [-0.4, -0.2) is 24.5 Å². The smallest absolute Gasteiger partial charge is 0.321 e. The highest BCUT2D eigenvalue weighted by atomic mass is 32.2. The Balaban J connectivity index is 1.60. The third kappa shape index (κ3) is 4.25. The first-order valence-electron chi connectivity index (χ1n) is 11.1. The van der Waals surface area contributed by atoms with Crippen molar-refractivity contribution in [1.29, 1.82) is 5.26 Å². The van der Waals surface area contributed by atoms with E-state index in [1.54, 1.807) is 18.5 Å². The second kappa shape index (κ2) is 9.25. The van der Waals surface area contributed by atoms with Crippen LogP contribution < -0.4 is 15.0 Å². The largest absolute Gasteiger partial charge is 0.424 e. The van der Waals surface area contributed by atoms with Gasteiger partial charge in [0.1, 0.15) is 22.8 Å². The van der Waals surface area contributed by atoms with E-state index in [1.807, 2.05) is 49.4 Å². The molecule has 5 rings (SSSR count). The summed E-state index contributed by atoms with van der Waals surface area (Å²) >= 11 is 0. The lowest BCUT2D eigenvalue weighted by atomic mass is 10.1. The fourth-order valence-electron chi connectivity index (χ4n) is 4.02. The first-order valence-corrected chi connectivity index (χ1v) is 12.4. The Morgan fingerprint density at radius 3 is 2.59 bits per heavy atom. The SMILES string of the molecule is CCS(=O)N(N)c1ccc(-c2c(C#N)c3ccc(Oc4ncccn4)cc3n2CC2CC2)cc1. The molecule has 34 heavy (non-hydrogen) atoms. The first kappa shape index (κ1) is 22.1. The van der Waals surface area contributed by atoms with E-state index < -0.39 is 11.0 Å². The number of ether oxygens (including phenoxy) is 1. The van der Waals surface area contributed by atoms with Crippen LogP contribution in [-0.2, 0) is 17.5 Å². The van der Waals surface area contributed by atoms with Crippen molar-refractivity contribution in [2.24, 2.45) is 11.8 Å². The van der Waals surface area contributed by atoms with Crippen LogP contribution >= 0.6 is 0 Å². The van der Waals surface area contributed by atoms with Crippen LogP contribution in [0.15, 0.2) is 60.9 Å². The van der Waals surface area contributed by atoms with Gasteiger partial charge in [0.05, 0.1) is 22.5 Å². The standard InChI is InChI=1S/C25H24N6O2S/c1-2-34(32)31(27)19-8-6-18(7-9-19)24-22(15-26)21-11-10-20(33-25-28-12-3-13-29-25)14-23(21)30(24)16-17-4-5-17/h3,6-14,17H,2,4-5,16,27H2,1H3. The highest BCUT2D eigenvalue weighted by molar-refractivity contribution is 7.86. The van der Waals surface area contributed by atoms with Gasteiger partial charge in [-0.05, 0) is 54.7 Å². The number of nitriles is 1.